The molecule has 3 rings (SSSR count). The van der Waals surface area contributed by atoms with E-state index in [0.717, 1.165) is 6.42 Å². The number of fused-ring (bicyclic) bond motifs is 2. The van der Waals surface area contributed by atoms with E-state index in [0.29, 0.717) is 24.3 Å². The molecule has 1 amide bonds. The molecule has 2 aliphatic rings. The van der Waals surface area contributed by atoms with Crippen LogP contribution >= 0.6 is 15.9 Å². The molecular formula is C20H24BrNO4. The minimum atomic E-state index is -0.779. The first kappa shape index (κ1) is 19.1. The summed E-state index contributed by atoms with van der Waals surface area (Å²) in [6, 6.07) is 6.62. The summed E-state index contributed by atoms with van der Waals surface area (Å²) in [5.41, 5.74) is -0.683. The molecule has 0 aromatic heterocycles. The fourth-order valence-electron chi connectivity index (χ4n) is 4.60. The number of benzene rings is 1. The number of carbonyl (C=O) groups excluding carboxylic acids is 3. The number of ether oxygens (including phenoxy) is 1. The lowest BCUT2D eigenvalue weighted by molar-refractivity contribution is -0.130. The molecule has 26 heavy (non-hydrogen) atoms. The summed E-state index contributed by atoms with van der Waals surface area (Å²) in [7, 11) is 0. The number of hydrogen-bond acceptors (Lipinski definition) is 4. The lowest BCUT2D eigenvalue weighted by atomic mass is 9.64. The predicted molar refractivity (Wildman–Crippen MR) is 102 cm³/mol. The second-order valence-electron chi connectivity index (χ2n) is 7.91. The first-order valence-corrected chi connectivity index (χ1v) is 9.80. The van der Waals surface area contributed by atoms with Crippen molar-refractivity contribution in [2.45, 2.75) is 45.4 Å². The van der Waals surface area contributed by atoms with Gasteiger partial charge in [-0.1, -0.05) is 36.7 Å². The van der Waals surface area contributed by atoms with Crippen molar-refractivity contribution < 1.29 is 19.1 Å². The molecule has 5 nitrogen and oxygen atoms in total. The van der Waals surface area contributed by atoms with Crippen LogP contribution in [0.25, 0.3) is 0 Å². The van der Waals surface area contributed by atoms with E-state index in [1.165, 1.54) is 0 Å². The highest BCUT2D eigenvalue weighted by molar-refractivity contribution is 9.10. The summed E-state index contributed by atoms with van der Waals surface area (Å²) in [5, 5.41) is 2.95. The van der Waals surface area contributed by atoms with E-state index in [2.05, 4.69) is 21.2 Å². The number of rotatable bonds is 4. The van der Waals surface area contributed by atoms with Crippen molar-refractivity contribution in [1.29, 1.82) is 0 Å². The van der Waals surface area contributed by atoms with Gasteiger partial charge in [0.2, 0.25) is 5.91 Å². The van der Waals surface area contributed by atoms with Gasteiger partial charge in [0.15, 0.2) is 5.78 Å². The number of hydrogen-bond donors (Lipinski definition) is 1. The average Bonchev–Trinajstić information content (AvgIpc) is 2.87. The number of anilines is 1. The number of amides is 1. The first-order valence-electron chi connectivity index (χ1n) is 8.89. The number of esters is 1. The molecule has 1 aromatic rings. The Morgan fingerprint density at radius 1 is 1.19 bits per heavy atom. The number of alkyl halides is 1. The Hall–Kier alpha value is -1.69. The predicted octanol–water partition coefficient (Wildman–Crippen LogP) is 3.96. The molecule has 2 aliphatic carbocycles. The SMILES string of the molecule is CCOC(=O)c1ccc(NC(=O)[C@@]23CC[C@@](C)(C(=O)[C@H]2Br)C3(C)C)cc1. The number of ketones is 1. The molecule has 0 saturated heterocycles. The lowest BCUT2D eigenvalue weighted by Gasteiger charge is -2.39. The van der Waals surface area contributed by atoms with Gasteiger partial charge in [0, 0.05) is 11.1 Å². The van der Waals surface area contributed by atoms with Crippen LogP contribution < -0.4 is 5.32 Å². The Labute approximate surface area is 162 Å². The van der Waals surface area contributed by atoms with Crippen molar-refractivity contribution in [1.82, 2.24) is 0 Å². The van der Waals surface area contributed by atoms with Crippen LogP contribution in [0.4, 0.5) is 5.69 Å². The molecule has 0 radical (unpaired) electrons. The van der Waals surface area contributed by atoms with Crippen molar-refractivity contribution in [3.8, 4) is 0 Å². The number of halogens is 1. The van der Waals surface area contributed by atoms with Crippen molar-refractivity contribution >= 4 is 39.3 Å². The quantitative estimate of drug-likeness (QED) is 0.589. The van der Waals surface area contributed by atoms with Crippen LogP contribution in [0.1, 0.15) is 50.9 Å². The largest absolute Gasteiger partial charge is 0.462 e. The molecule has 1 N–H and O–H groups in total. The van der Waals surface area contributed by atoms with E-state index in [4.69, 9.17) is 4.74 Å². The van der Waals surface area contributed by atoms with Crippen molar-refractivity contribution in [2.75, 3.05) is 11.9 Å². The lowest BCUT2D eigenvalue weighted by Crippen LogP contribution is -2.47. The molecule has 2 saturated carbocycles. The van der Waals surface area contributed by atoms with Gasteiger partial charge >= 0.3 is 5.97 Å². The van der Waals surface area contributed by atoms with Crippen LogP contribution in [0.5, 0.6) is 0 Å². The molecule has 2 bridgehead atoms. The number of nitrogens with one attached hydrogen (secondary N) is 1. The van der Waals surface area contributed by atoms with Gasteiger partial charge < -0.3 is 10.1 Å². The number of Topliss-reactive ketones (excluding diaryl/α,β-unsaturated/α-hetero) is 1. The van der Waals surface area contributed by atoms with Gasteiger partial charge in [0.1, 0.15) is 0 Å². The molecule has 0 heterocycles. The van der Waals surface area contributed by atoms with Gasteiger partial charge in [-0.25, -0.2) is 4.79 Å². The summed E-state index contributed by atoms with van der Waals surface area (Å²) in [5.74, 6) is -0.428. The Morgan fingerprint density at radius 2 is 1.81 bits per heavy atom. The van der Waals surface area contributed by atoms with Crippen molar-refractivity contribution in [2.24, 2.45) is 16.2 Å². The summed E-state index contributed by atoms with van der Waals surface area (Å²) >= 11 is 3.52. The van der Waals surface area contributed by atoms with Gasteiger partial charge in [-0.05, 0) is 49.4 Å². The van der Waals surface area contributed by atoms with E-state index in [9.17, 15) is 14.4 Å². The van der Waals surface area contributed by atoms with E-state index in [1.54, 1.807) is 31.2 Å². The fourth-order valence-corrected chi connectivity index (χ4v) is 6.12. The van der Waals surface area contributed by atoms with Crippen molar-refractivity contribution in [3.05, 3.63) is 29.8 Å². The van der Waals surface area contributed by atoms with Crippen LogP contribution in [0.15, 0.2) is 24.3 Å². The van der Waals surface area contributed by atoms with Crippen LogP contribution in [0, 0.1) is 16.2 Å². The number of carbonyl (C=O) groups is 3. The summed E-state index contributed by atoms with van der Waals surface area (Å²) in [4.78, 5) is 37.3. The van der Waals surface area contributed by atoms with E-state index < -0.39 is 27.0 Å². The summed E-state index contributed by atoms with van der Waals surface area (Å²) < 4.78 is 4.96. The van der Waals surface area contributed by atoms with Gasteiger partial charge in [0.25, 0.3) is 0 Å². The van der Waals surface area contributed by atoms with Gasteiger partial charge in [0.05, 0.1) is 22.4 Å². The first-order chi connectivity index (χ1) is 12.1. The molecule has 0 aliphatic heterocycles. The van der Waals surface area contributed by atoms with Crippen LogP contribution in [-0.4, -0.2) is 29.1 Å². The molecule has 3 atom stereocenters. The highest BCUT2D eigenvalue weighted by Gasteiger charge is 2.76. The topological polar surface area (TPSA) is 72.5 Å². The molecule has 140 valence electrons. The summed E-state index contributed by atoms with van der Waals surface area (Å²) in [6.45, 7) is 8.07. The van der Waals surface area contributed by atoms with E-state index in [-0.39, 0.29) is 11.7 Å². The van der Waals surface area contributed by atoms with Crippen LogP contribution in [-0.2, 0) is 14.3 Å². The third kappa shape index (κ3) is 2.30. The Balaban J connectivity index is 1.84. The van der Waals surface area contributed by atoms with Gasteiger partial charge in [-0.3, -0.25) is 9.59 Å². The zero-order chi connectivity index (χ0) is 19.3. The normalized spacial score (nSPS) is 31.7. The van der Waals surface area contributed by atoms with E-state index in [1.807, 2.05) is 20.8 Å². The maximum absolute atomic E-state index is 13.2. The second-order valence-corrected chi connectivity index (χ2v) is 8.82. The Kier molecular flexibility index (Phi) is 4.54. The molecule has 2 fully saturated rings. The minimum Gasteiger partial charge on any atom is -0.462 e. The molecule has 0 unspecified atom stereocenters. The highest BCUT2D eigenvalue weighted by Crippen LogP contribution is 2.72. The van der Waals surface area contributed by atoms with Crippen LogP contribution in [0.2, 0.25) is 0 Å². The third-order valence-corrected chi connectivity index (χ3v) is 7.98. The maximum atomic E-state index is 13.2. The highest BCUT2D eigenvalue weighted by atomic mass is 79.9. The smallest absolute Gasteiger partial charge is 0.338 e. The average molecular weight is 422 g/mol. The second kappa shape index (κ2) is 6.19. The Morgan fingerprint density at radius 3 is 2.31 bits per heavy atom. The van der Waals surface area contributed by atoms with Gasteiger partial charge in [-0.15, -0.1) is 0 Å². The fraction of sp³-hybridized carbons (Fsp3) is 0.550. The standard InChI is InChI=1S/C20H24BrNO4/c1-5-26-16(24)12-6-8-13(9-7-12)22-17(25)20-11-10-19(4,18(20,2)3)15(23)14(20)21/h6-9,14H,5,10-11H2,1-4H3,(H,22,25)/t14-,19+,20-/m1/s1. The minimum absolute atomic E-state index is 0.113. The van der Waals surface area contributed by atoms with Crippen LogP contribution in [0.3, 0.4) is 0 Å². The maximum Gasteiger partial charge on any atom is 0.338 e. The van der Waals surface area contributed by atoms with E-state index >= 15 is 0 Å². The Bertz CT molecular complexity index is 773. The molecule has 6 heteroatoms. The third-order valence-electron chi connectivity index (χ3n) is 6.78. The van der Waals surface area contributed by atoms with Crippen molar-refractivity contribution in [3.63, 3.8) is 0 Å². The van der Waals surface area contributed by atoms with Gasteiger partial charge in [-0.2, -0.15) is 0 Å². The zero-order valence-corrected chi connectivity index (χ0v) is 17.1. The zero-order valence-electron chi connectivity index (χ0n) is 15.5. The summed E-state index contributed by atoms with van der Waals surface area (Å²) in [6.07, 6.45) is 1.39. The molecule has 0 spiro atoms. The molecular weight excluding hydrogens is 398 g/mol. The monoisotopic (exact) mass is 421 g/mol. The molecule has 1 aromatic carbocycles.